The Morgan fingerprint density at radius 1 is 1.38 bits per heavy atom. The molecule has 0 heterocycles. The van der Waals surface area contributed by atoms with Crippen molar-refractivity contribution in [2.24, 2.45) is 5.73 Å². The summed E-state index contributed by atoms with van der Waals surface area (Å²) in [4.78, 5) is 10.5. The van der Waals surface area contributed by atoms with Crippen molar-refractivity contribution in [2.45, 2.75) is 5.92 Å². The number of nitrogens with two attached hydrogens (primary N) is 1. The van der Waals surface area contributed by atoms with Gasteiger partial charge >= 0.3 is 6.09 Å². The van der Waals surface area contributed by atoms with Crippen LogP contribution in [0, 0.1) is 0 Å². The van der Waals surface area contributed by atoms with E-state index < -0.39 is 6.09 Å². The number of hydrogen-bond acceptors (Lipinski definition) is 3. The summed E-state index contributed by atoms with van der Waals surface area (Å²) < 4.78 is 9.89. The van der Waals surface area contributed by atoms with E-state index in [-0.39, 0.29) is 12.5 Å². The standard InChI is InChI=1S/C12H15NO3/c1-2-15-8-11(9-16-12(13)14)10-6-4-3-5-7-10/h2-7,11H,1,8-9H2,(H2,13,14). The van der Waals surface area contributed by atoms with Gasteiger partial charge in [-0.15, -0.1) is 0 Å². The zero-order valence-corrected chi connectivity index (χ0v) is 8.96. The second kappa shape index (κ2) is 6.50. The number of carbonyl (C=O) groups is 1. The smallest absolute Gasteiger partial charge is 0.404 e. The second-order valence-electron chi connectivity index (χ2n) is 3.24. The van der Waals surface area contributed by atoms with Gasteiger partial charge in [0, 0.05) is 0 Å². The fraction of sp³-hybridized carbons (Fsp3) is 0.250. The minimum absolute atomic E-state index is 0.0355. The summed E-state index contributed by atoms with van der Waals surface area (Å²) in [6, 6.07) is 9.65. The molecule has 2 N–H and O–H groups in total. The minimum Gasteiger partial charge on any atom is -0.501 e. The molecule has 1 unspecified atom stereocenters. The Morgan fingerprint density at radius 2 is 2.06 bits per heavy atom. The summed E-state index contributed by atoms with van der Waals surface area (Å²) >= 11 is 0. The lowest BCUT2D eigenvalue weighted by Crippen LogP contribution is -2.20. The van der Waals surface area contributed by atoms with E-state index in [4.69, 9.17) is 15.2 Å². The van der Waals surface area contributed by atoms with Crippen molar-refractivity contribution < 1.29 is 14.3 Å². The van der Waals surface area contributed by atoms with Gasteiger partial charge < -0.3 is 15.2 Å². The molecular formula is C12H15NO3. The molecule has 0 radical (unpaired) electrons. The Bertz CT molecular complexity index is 337. The molecule has 0 spiro atoms. The lowest BCUT2D eigenvalue weighted by Gasteiger charge is -2.16. The molecule has 1 atom stereocenters. The lowest BCUT2D eigenvalue weighted by atomic mass is 10.0. The number of carbonyl (C=O) groups excluding carboxylic acids is 1. The summed E-state index contributed by atoms with van der Waals surface area (Å²) in [5.74, 6) is -0.0355. The predicted octanol–water partition coefficient (Wildman–Crippen LogP) is 2.03. The van der Waals surface area contributed by atoms with E-state index in [0.29, 0.717) is 6.61 Å². The Morgan fingerprint density at radius 3 is 2.62 bits per heavy atom. The zero-order chi connectivity index (χ0) is 11.8. The average molecular weight is 221 g/mol. The Hall–Kier alpha value is -1.97. The maximum absolute atomic E-state index is 10.5. The third kappa shape index (κ3) is 4.04. The first-order valence-electron chi connectivity index (χ1n) is 4.93. The van der Waals surface area contributed by atoms with Crippen LogP contribution in [0.4, 0.5) is 4.79 Å². The number of rotatable bonds is 6. The van der Waals surface area contributed by atoms with Crippen molar-refractivity contribution in [3.8, 4) is 0 Å². The largest absolute Gasteiger partial charge is 0.501 e. The monoisotopic (exact) mass is 221 g/mol. The SMILES string of the molecule is C=COCC(COC(N)=O)c1ccccc1. The molecule has 4 heteroatoms. The topological polar surface area (TPSA) is 61.6 Å². The summed E-state index contributed by atoms with van der Waals surface area (Å²) in [5.41, 5.74) is 5.96. The van der Waals surface area contributed by atoms with E-state index in [1.54, 1.807) is 0 Å². The van der Waals surface area contributed by atoms with E-state index in [1.807, 2.05) is 30.3 Å². The quantitative estimate of drug-likeness (QED) is 0.747. The van der Waals surface area contributed by atoms with Gasteiger partial charge in [-0.25, -0.2) is 4.79 Å². The number of hydrogen-bond donors (Lipinski definition) is 1. The van der Waals surface area contributed by atoms with Gasteiger partial charge in [-0.2, -0.15) is 0 Å². The first-order chi connectivity index (χ1) is 7.74. The van der Waals surface area contributed by atoms with Gasteiger partial charge in [0.05, 0.1) is 18.8 Å². The van der Waals surface area contributed by atoms with Crippen LogP contribution in [0.2, 0.25) is 0 Å². The predicted molar refractivity (Wildman–Crippen MR) is 60.9 cm³/mol. The highest BCUT2D eigenvalue weighted by atomic mass is 16.5. The highest BCUT2D eigenvalue weighted by molar-refractivity contribution is 5.64. The second-order valence-corrected chi connectivity index (χ2v) is 3.24. The maximum atomic E-state index is 10.5. The normalized spacial score (nSPS) is 11.5. The van der Waals surface area contributed by atoms with Gasteiger partial charge in [0.1, 0.15) is 6.61 Å². The summed E-state index contributed by atoms with van der Waals surface area (Å²) in [5, 5.41) is 0. The molecule has 16 heavy (non-hydrogen) atoms. The van der Waals surface area contributed by atoms with Crippen LogP contribution in [-0.2, 0) is 9.47 Å². The first kappa shape index (κ1) is 12.1. The van der Waals surface area contributed by atoms with Crippen LogP contribution in [-0.4, -0.2) is 19.3 Å². The van der Waals surface area contributed by atoms with Crippen molar-refractivity contribution in [2.75, 3.05) is 13.2 Å². The number of primary amides is 1. The molecule has 0 aliphatic heterocycles. The number of ether oxygens (including phenoxy) is 2. The van der Waals surface area contributed by atoms with Gasteiger partial charge in [0.2, 0.25) is 0 Å². The van der Waals surface area contributed by atoms with Crippen LogP contribution in [0.25, 0.3) is 0 Å². The average Bonchev–Trinajstić information content (AvgIpc) is 2.30. The first-order valence-corrected chi connectivity index (χ1v) is 4.93. The molecule has 0 saturated heterocycles. The van der Waals surface area contributed by atoms with Crippen LogP contribution in [0.3, 0.4) is 0 Å². The van der Waals surface area contributed by atoms with Gasteiger partial charge in [-0.3, -0.25) is 0 Å². The number of benzene rings is 1. The molecule has 4 nitrogen and oxygen atoms in total. The van der Waals surface area contributed by atoms with E-state index in [1.165, 1.54) is 6.26 Å². The van der Waals surface area contributed by atoms with Crippen LogP contribution in [0.15, 0.2) is 43.2 Å². The van der Waals surface area contributed by atoms with Crippen LogP contribution < -0.4 is 5.73 Å². The molecule has 0 fully saturated rings. The van der Waals surface area contributed by atoms with Crippen molar-refractivity contribution in [1.82, 2.24) is 0 Å². The van der Waals surface area contributed by atoms with Gasteiger partial charge in [0.15, 0.2) is 0 Å². The Kier molecular flexibility index (Phi) is 4.92. The van der Waals surface area contributed by atoms with E-state index in [2.05, 4.69) is 6.58 Å². The molecule has 0 saturated carbocycles. The summed E-state index contributed by atoms with van der Waals surface area (Å²) in [6.45, 7) is 4.07. The molecule has 1 amide bonds. The van der Waals surface area contributed by atoms with Crippen molar-refractivity contribution in [3.63, 3.8) is 0 Å². The molecule has 0 aliphatic carbocycles. The molecular weight excluding hydrogens is 206 g/mol. The fourth-order valence-electron chi connectivity index (χ4n) is 1.33. The van der Waals surface area contributed by atoms with E-state index in [9.17, 15) is 4.79 Å². The van der Waals surface area contributed by atoms with Crippen molar-refractivity contribution >= 4 is 6.09 Å². The molecule has 1 rings (SSSR count). The fourth-order valence-corrected chi connectivity index (χ4v) is 1.33. The van der Waals surface area contributed by atoms with Crippen LogP contribution in [0.1, 0.15) is 11.5 Å². The van der Waals surface area contributed by atoms with E-state index in [0.717, 1.165) is 5.56 Å². The highest BCUT2D eigenvalue weighted by Crippen LogP contribution is 2.16. The maximum Gasteiger partial charge on any atom is 0.404 e. The highest BCUT2D eigenvalue weighted by Gasteiger charge is 2.13. The van der Waals surface area contributed by atoms with Crippen LogP contribution >= 0.6 is 0 Å². The van der Waals surface area contributed by atoms with Crippen molar-refractivity contribution in [1.29, 1.82) is 0 Å². The molecule has 0 bridgehead atoms. The molecule has 1 aromatic carbocycles. The van der Waals surface area contributed by atoms with E-state index >= 15 is 0 Å². The summed E-state index contributed by atoms with van der Waals surface area (Å²) in [7, 11) is 0. The van der Waals surface area contributed by atoms with Gasteiger partial charge in [0.25, 0.3) is 0 Å². The minimum atomic E-state index is -0.778. The van der Waals surface area contributed by atoms with Gasteiger partial charge in [-0.1, -0.05) is 36.9 Å². The summed E-state index contributed by atoms with van der Waals surface area (Å²) in [6.07, 6.45) is 0.583. The van der Waals surface area contributed by atoms with Gasteiger partial charge in [-0.05, 0) is 5.56 Å². The molecule has 86 valence electrons. The third-order valence-electron chi connectivity index (χ3n) is 2.11. The number of amides is 1. The van der Waals surface area contributed by atoms with Crippen molar-refractivity contribution in [3.05, 3.63) is 48.7 Å². The Labute approximate surface area is 94.7 Å². The zero-order valence-electron chi connectivity index (χ0n) is 8.96. The van der Waals surface area contributed by atoms with Crippen LogP contribution in [0.5, 0.6) is 0 Å². The third-order valence-corrected chi connectivity index (χ3v) is 2.11. The molecule has 0 aromatic heterocycles. The lowest BCUT2D eigenvalue weighted by molar-refractivity contribution is 0.128. The Balaban J connectivity index is 2.63. The molecule has 1 aromatic rings. The molecule has 0 aliphatic rings.